The van der Waals surface area contributed by atoms with Crippen molar-refractivity contribution in [3.63, 3.8) is 0 Å². The van der Waals surface area contributed by atoms with Crippen molar-refractivity contribution < 1.29 is 61.5 Å². The number of carboxylic acids is 1. The maximum atomic E-state index is 13.7. The number of rotatable bonds is 13. The second-order valence-corrected chi connectivity index (χ2v) is 15.7. The lowest BCUT2D eigenvalue weighted by molar-refractivity contribution is -0.274. The molecule has 20 heteroatoms. The third-order valence-corrected chi connectivity index (χ3v) is 10.5. The molecule has 0 fully saturated rings. The van der Waals surface area contributed by atoms with Crippen LogP contribution in [0.3, 0.4) is 0 Å². The van der Waals surface area contributed by atoms with Crippen molar-refractivity contribution in [2.75, 3.05) is 30.3 Å². The topological polar surface area (TPSA) is 180 Å². The van der Waals surface area contributed by atoms with Gasteiger partial charge in [0.05, 0.1) is 29.1 Å². The van der Waals surface area contributed by atoms with E-state index in [1.807, 2.05) is 6.07 Å². The van der Waals surface area contributed by atoms with Crippen molar-refractivity contribution in [3.8, 4) is 51.6 Å². The maximum Gasteiger partial charge on any atom is 0.573 e. The molecule has 2 aliphatic rings. The molecule has 1 amide bonds. The van der Waals surface area contributed by atoms with Gasteiger partial charge in [-0.05, 0) is 47.5 Å². The molecule has 0 bridgehead atoms. The molecule has 4 aromatic carbocycles. The van der Waals surface area contributed by atoms with E-state index in [4.69, 9.17) is 15.2 Å². The van der Waals surface area contributed by atoms with Gasteiger partial charge in [0.1, 0.15) is 40.4 Å². The van der Waals surface area contributed by atoms with Crippen molar-refractivity contribution in [1.82, 2.24) is 0 Å². The lowest BCUT2D eigenvalue weighted by atomic mass is 9.89. The van der Waals surface area contributed by atoms with Crippen molar-refractivity contribution >= 4 is 33.5 Å². The van der Waals surface area contributed by atoms with Crippen molar-refractivity contribution in [3.05, 3.63) is 107 Å². The number of benzene rings is 4. The van der Waals surface area contributed by atoms with Crippen molar-refractivity contribution in [2.24, 2.45) is 5.73 Å². The Kier molecular flexibility index (Phi) is 10.0. The van der Waals surface area contributed by atoms with Gasteiger partial charge >= 0.3 is 22.6 Å². The molecule has 0 aromatic heterocycles. The van der Waals surface area contributed by atoms with E-state index >= 15 is 0 Å². The molecule has 11 nitrogen and oxygen atoms in total. The van der Waals surface area contributed by atoms with Gasteiger partial charge in [-0.3, -0.25) is 4.79 Å². The number of alkyl halides is 3. The summed E-state index contributed by atoms with van der Waals surface area (Å²) in [4.78, 5) is 21.0. The van der Waals surface area contributed by atoms with Crippen molar-refractivity contribution in [2.45, 2.75) is 30.2 Å². The summed E-state index contributed by atoms with van der Waals surface area (Å²) >= 11 is 0. The number of hydrogen-bond acceptors (Lipinski definition) is 9. The molecule has 2 heterocycles. The second kappa shape index (κ2) is 14.2. The normalized spacial score (nSPS) is 15.5. The molecular weight excluding hydrogens is 819 g/mol. The molecule has 0 aliphatic carbocycles. The quantitative estimate of drug-likeness (QED) is 0.0748. The van der Waals surface area contributed by atoms with Crippen LogP contribution < -0.4 is 30.6 Å². The van der Waals surface area contributed by atoms with E-state index in [2.05, 4.69) is 34.6 Å². The SMILES string of the molecule is C=C(CNc1cc(-c2ccc(OC(F)(F)F)cc2C2Cc3c(C#N)c(NCC(=C)C(=O)O)cc(-c4ccc(S(F)(F)(F)(F)F)cc4)c3O2)c2c(c1C#N)CCO2)C(N)=O. The Balaban J connectivity index is 1.54. The Hall–Kier alpha value is -6.93. The Bertz CT molecular complexity index is 2570. The van der Waals surface area contributed by atoms with E-state index in [9.17, 15) is 57.8 Å². The minimum absolute atomic E-state index is 0.0118. The number of aliphatic carboxylic acids is 1. The van der Waals surface area contributed by atoms with Crippen LogP contribution in [0.15, 0.2) is 83.8 Å². The van der Waals surface area contributed by atoms with Gasteiger partial charge in [0, 0.05) is 64.9 Å². The van der Waals surface area contributed by atoms with Crippen molar-refractivity contribution in [1.29, 1.82) is 10.5 Å². The van der Waals surface area contributed by atoms with E-state index in [-0.39, 0.29) is 117 Å². The predicted molar refractivity (Wildman–Crippen MR) is 200 cm³/mol. The number of amides is 1. The van der Waals surface area contributed by atoms with Gasteiger partial charge < -0.3 is 35.7 Å². The first kappa shape index (κ1) is 41.7. The molecule has 4 aromatic rings. The summed E-state index contributed by atoms with van der Waals surface area (Å²) in [5, 5.41) is 35.5. The summed E-state index contributed by atoms with van der Waals surface area (Å²) in [7, 11) is -10.1. The van der Waals surface area contributed by atoms with Gasteiger partial charge in [-0.25, -0.2) is 4.79 Å². The van der Waals surface area contributed by atoms with Crippen LogP contribution in [0.5, 0.6) is 17.2 Å². The fourth-order valence-electron chi connectivity index (χ4n) is 6.63. The average Bonchev–Trinajstić information content (AvgIpc) is 3.82. The highest BCUT2D eigenvalue weighted by Gasteiger charge is 2.65. The molecule has 1 unspecified atom stereocenters. The number of nitrogens with two attached hydrogens (primary N) is 1. The van der Waals surface area contributed by atoms with Crippen LogP contribution >= 0.6 is 10.2 Å². The molecular formula is C39H29F8N5O6S. The van der Waals surface area contributed by atoms with Gasteiger partial charge in [0.25, 0.3) is 0 Å². The smallest absolute Gasteiger partial charge is 0.492 e. The summed E-state index contributed by atoms with van der Waals surface area (Å²) in [6, 6.07) is 11.9. The van der Waals surface area contributed by atoms with Crippen LogP contribution in [0.1, 0.15) is 33.9 Å². The third kappa shape index (κ3) is 8.67. The van der Waals surface area contributed by atoms with E-state index in [1.165, 1.54) is 18.2 Å². The Labute approximate surface area is 329 Å². The Morgan fingerprint density at radius 2 is 1.46 bits per heavy atom. The van der Waals surface area contributed by atoms with E-state index in [0.29, 0.717) is 5.56 Å². The zero-order valence-corrected chi connectivity index (χ0v) is 30.9. The molecule has 6 rings (SSSR count). The molecule has 1 atom stereocenters. The molecule has 59 heavy (non-hydrogen) atoms. The van der Waals surface area contributed by atoms with Crippen LogP contribution in [-0.4, -0.2) is 43.0 Å². The van der Waals surface area contributed by atoms with Crippen LogP contribution in [-0.2, 0) is 22.4 Å². The fraction of sp³-hybridized carbons (Fsp3) is 0.179. The molecule has 0 spiro atoms. The predicted octanol–water partition coefficient (Wildman–Crippen LogP) is 9.44. The van der Waals surface area contributed by atoms with Crippen LogP contribution in [0.25, 0.3) is 22.3 Å². The summed E-state index contributed by atoms with van der Waals surface area (Å²) in [6.07, 6.45) is -6.47. The number of carbonyl (C=O) groups is 2. The minimum Gasteiger partial charge on any atom is -0.492 e. The second-order valence-electron chi connectivity index (χ2n) is 13.3. The number of nitrogens with one attached hydrogen (secondary N) is 2. The molecule has 2 aliphatic heterocycles. The number of nitrogens with zero attached hydrogens (tertiary/aromatic N) is 2. The average molecular weight is 848 g/mol. The van der Waals surface area contributed by atoms with Gasteiger partial charge in [0.2, 0.25) is 5.91 Å². The van der Waals surface area contributed by atoms with Gasteiger partial charge in [-0.1, -0.05) is 50.8 Å². The molecule has 308 valence electrons. The monoisotopic (exact) mass is 847 g/mol. The first-order valence-electron chi connectivity index (χ1n) is 17.0. The van der Waals surface area contributed by atoms with E-state index < -0.39 is 51.8 Å². The zero-order valence-electron chi connectivity index (χ0n) is 30.1. The van der Waals surface area contributed by atoms with Crippen LogP contribution in [0.2, 0.25) is 0 Å². The summed E-state index contributed by atoms with van der Waals surface area (Å²) in [5.41, 5.74) is 5.88. The number of anilines is 2. The lowest BCUT2D eigenvalue weighted by Crippen LogP contribution is -2.19. The summed E-state index contributed by atoms with van der Waals surface area (Å²) < 4.78 is 126. The van der Waals surface area contributed by atoms with E-state index in [0.717, 1.165) is 24.3 Å². The lowest BCUT2D eigenvalue weighted by Gasteiger charge is -2.40. The highest BCUT2D eigenvalue weighted by Crippen LogP contribution is 3.02. The maximum absolute atomic E-state index is 13.7. The van der Waals surface area contributed by atoms with Gasteiger partial charge in [-0.2, -0.15) is 10.5 Å². The number of hydrogen-bond donors (Lipinski definition) is 4. The highest BCUT2D eigenvalue weighted by atomic mass is 32.5. The highest BCUT2D eigenvalue weighted by molar-refractivity contribution is 8.45. The standard InChI is InChI=1S/C39H29F8N5O6S/c1-19(37(50)53)17-51-33-13-28(35-25(9-10-56-35)30(33)15-48)24-8-5-22(58-39(40,41)42)11-27(24)34-14-29-31(16-49)32(52-18-20(2)38(54)55)12-26(36(29)57-34)21-3-6-23(7-4-21)59(43,44,45,46)47/h3-8,11-13,34,51-52H,1-2,9-10,14,17-18H2,(H2,50,53)(H,54,55). The first-order valence-corrected chi connectivity index (χ1v) is 18.9. The number of carbonyl (C=O) groups excluding carboxylic acids is 1. The summed E-state index contributed by atoms with van der Waals surface area (Å²) in [6.45, 7) is 6.52. The minimum atomic E-state index is -10.1. The fourth-order valence-corrected chi connectivity index (χ4v) is 7.28. The van der Waals surface area contributed by atoms with Gasteiger partial charge in [0.15, 0.2) is 0 Å². The first-order chi connectivity index (χ1) is 27.4. The van der Waals surface area contributed by atoms with Crippen LogP contribution in [0, 0.1) is 22.7 Å². The largest absolute Gasteiger partial charge is 0.573 e. The molecule has 0 saturated heterocycles. The van der Waals surface area contributed by atoms with Crippen LogP contribution in [0.4, 0.5) is 44.0 Å². The van der Waals surface area contributed by atoms with Gasteiger partial charge in [-0.15, -0.1) is 13.2 Å². The molecule has 5 N–H and O–H groups in total. The number of primary amides is 1. The number of nitriles is 2. The number of carboxylic acid groups (broad SMARTS) is 1. The summed E-state index contributed by atoms with van der Waals surface area (Å²) in [5.74, 6) is -2.85. The number of halogens is 8. The number of fused-ring (bicyclic) bond motifs is 2. The molecule has 0 radical (unpaired) electrons. The zero-order chi connectivity index (χ0) is 43.3. The third-order valence-electron chi connectivity index (χ3n) is 9.37. The Morgan fingerprint density at radius 3 is 2.02 bits per heavy atom. The van der Waals surface area contributed by atoms with E-state index in [1.54, 1.807) is 0 Å². The Morgan fingerprint density at radius 1 is 0.864 bits per heavy atom. The number of ether oxygens (including phenoxy) is 3. The molecule has 0 saturated carbocycles.